The summed E-state index contributed by atoms with van der Waals surface area (Å²) in [5, 5.41) is 5.18. The average molecular weight is 402 g/mol. The molecular formula is C20H20F2N4O3. The minimum Gasteiger partial charge on any atom is -0.350 e. The molecule has 0 saturated carbocycles. The second kappa shape index (κ2) is 9.13. The number of carbonyl (C=O) groups excluding carboxylic acids is 3. The van der Waals surface area contributed by atoms with Crippen molar-refractivity contribution in [3.8, 4) is 0 Å². The second-order valence-corrected chi connectivity index (χ2v) is 6.54. The zero-order valence-electron chi connectivity index (χ0n) is 15.5. The molecule has 0 atom stereocenters. The fraction of sp³-hybridized carbons (Fsp3) is 0.250. The van der Waals surface area contributed by atoms with Gasteiger partial charge in [-0.1, -0.05) is 18.2 Å². The molecule has 2 N–H and O–H groups in total. The van der Waals surface area contributed by atoms with Crippen LogP contribution in [0.3, 0.4) is 0 Å². The molecule has 29 heavy (non-hydrogen) atoms. The molecule has 3 rings (SSSR count). The monoisotopic (exact) mass is 402 g/mol. The van der Waals surface area contributed by atoms with Crippen molar-refractivity contribution in [2.75, 3.05) is 31.5 Å². The molecule has 0 radical (unpaired) electrons. The standard InChI is InChI=1S/C20H20F2N4O3/c21-15-5-7-16(8-6-15)24-20(29)26-10-9-25(19(28)13-26)12-18(27)23-11-14-3-1-2-4-17(14)22/h1-8H,9-13H2,(H,23,27)(H,24,29). The zero-order valence-corrected chi connectivity index (χ0v) is 15.5. The van der Waals surface area contributed by atoms with Crippen LogP contribution in [0.5, 0.6) is 0 Å². The highest BCUT2D eigenvalue weighted by Crippen LogP contribution is 2.11. The van der Waals surface area contributed by atoms with Gasteiger partial charge >= 0.3 is 6.03 Å². The number of anilines is 1. The van der Waals surface area contributed by atoms with Crippen molar-refractivity contribution in [2.24, 2.45) is 0 Å². The maximum atomic E-state index is 13.6. The van der Waals surface area contributed by atoms with Gasteiger partial charge in [0.15, 0.2) is 0 Å². The van der Waals surface area contributed by atoms with Crippen molar-refractivity contribution in [3.05, 3.63) is 65.7 Å². The van der Waals surface area contributed by atoms with E-state index >= 15 is 0 Å². The summed E-state index contributed by atoms with van der Waals surface area (Å²) >= 11 is 0. The van der Waals surface area contributed by atoms with Crippen molar-refractivity contribution in [3.63, 3.8) is 0 Å². The number of hydrogen-bond donors (Lipinski definition) is 2. The molecule has 9 heteroatoms. The minimum atomic E-state index is -0.478. The van der Waals surface area contributed by atoms with Gasteiger partial charge in [0.2, 0.25) is 11.8 Å². The highest BCUT2D eigenvalue weighted by atomic mass is 19.1. The van der Waals surface area contributed by atoms with Crippen LogP contribution >= 0.6 is 0 Å². The zero-order chi connectivity index (χ0) is 20.8. The summed E-state index contributed by atoms with van der Waals surface area (Å²) in [5.41, 5.74) is 0.772. The van der Waals surface area contributed by atoms with E-state index in [-0.39, 0.29) is 38.6 Å². The summed E-state index contributed by atoms with van der Waals surface area (Å²) in [6.45, 7) is 0.135. The number of amides is 4. The number of urea groups is 1. The van der Waals surface area contributed by atoms with Crippen molar-refractivity contribution in [1.29, 1.82) is 0 Å². The quantitative estimate of drug-likeness (QED) is 0.802. The lowest BCUT2D eigenvalue weighted by molar-refractivity contribution is -0.139. The highest BCUT2D eigenvalue weighted by Gasteiger charge is 2.28. The van der Waals surface area contributed by atoms with E-state index in [1.807, 2.05) is 0 Å². The van der Waals surface area contributed by atoms with Gasteiger partial charge in [0.05, 0.1) is 6.54 Å². The molecular weight excluding hydrogens is 382 g/mol. The number of nitrogens with zero attached hydrogens (tertiary/aromatic N) is 2. The third kappa shape index (κ3) is 5.50. The topological polar surface area (TPSA) is 81.8 Å². The minimum absolute atomic E-state index is 0.0275. The molecule has 152 valence electrons. The molecule has 1 heterocycles. The Bertz CT molecular complexity index is 905. The maximum absolute atomic E-state index is 13.6. The van der Waals surface area contributed by atoms with Crippen LogP contribution in [0, 0.1) is 11.6 Å². The highest BCUT2D eigenvalue weighted by molar-refractivity contribution is 5.94. The molecule has 4 amide bonds. The van der Waals surface area contributed by atoms with Crippen LogP contribution < -0.4 is 10.6 Å². The smallest absolute Gasteiger partial charge is 0.322 e. The van der Waals surface area contributed by atoms with Gasteiger partial charge in [0, 0.05) is 30.9 Å². The molecule has 1 aliphatic rings. The molecule has 2 aromatic rings. The van der Waals surface area contributed by atoms with Gasteiger partial charge in [0.1, 0.15) is 18.2 Å². The Morgan fingerprint density at radius 2 is 1.72 bits per heavy atom. The van der Waals surface area contributed by atoms with Crippen LogP contribution in [-0.2, 0) is 16.1 Å². The first-order valence-corrected chi connectivity index (χ1v) is 9.02. The Balaban J connectivity index is 1.46. The summed E-state index contributed by atoms with van der Waals surface area (Å²) in [5.74, 6) is -1.61. The Morgan fingerprint density at radius 1 is 1.00 bits per heavy atom. The predicted molar refractivity (Wildman–Crippen MR) is 102 cm³/mol. The third-order valence-corrected chi connectivity index (χ3v) is 4.47. The van der Waals surface area contributed by atoms with Crippen LogP contribution in [0.1, 0.15) is 5.56 Å². The van der Waals surface area contributed by atoms with Gasteiger partial charge in [-0.15, -0.1) is 0 Å². The van der Waals surface area contributed by atoms with E-state index in [0.717, 1.165) is 0 Å². The number of nitrogens with one attached hydrogen (secondary N) is 2. The van der Waals surface area contributed by atoms with Crippen LogP contribution in [0.15, 0.2) is 48.5 Å². The molecule has 0 spiro atoms. The first kappa shape index (κ1) is 20.2. The molecule has 0 aliphatic carbocycles. The number of rotatable bonds is 5. The van der Waals surface area contributed by atoms with Crippen molar-refractivity contribution < 1.29 is 23.2 Å². The summed E-state index contributed by atoms with van der Waals surface area (Å²) in [4.78, 5) is 39.3. The van der Waals surface area contributed by atoms with Crippen molar-refractivity contribution in [1.82, 2.24) is 15.1 Å². The van der Waals surface area contributed by atoms with Gasteiger partial charge in [0.25, 0.3) is 0 Å². The third-order valence-electron chi connectivity index (χ3n) is 4.47. The predicted octanol–water partition coefficient (Wildman–Crippen LogP) is 1.96. The van der Waals surface area contributed by atoms with E-state index in [9.17, 15) is 23.2 Å². The fourth-order valence-electron chi connectivity index (χ4n) is 2.85. The van der Waals surface area contributed by atoms with Gasteiger partial charge in [-0.25, -0.2) is 13.6 Å². The molecule has 1 saturated heterocycles. The lowest BCUT2D eigenvalue weighted by atomic mass is 10.2. The van der Waals surface area contributed by atoms with E-state index in [2.05, 4.69) is 10.6 Å². The molecule has 7 nitrogen and oxygen atoms in total. The van der Waals surface area contributed by atoms with Crippen LogP contribution in [0.25, 0.3) is 0 Å². The van der Waals surface area contributed by atoms with Crippen LogP contribution in [0.4, 0.5) is 19.3 Å². The average Bonchev–Trinajstić information content (AvgIpc) is 2.70. The first-order valence-electron chi connectivity index (χ1n) is 9.02. The van der Waals surface area contributed by atoms with E-state index in [4.69, 9.17) is 0 Å². The number of benzene rings is 2. The van der Waals surface area contributed by atoms with Crippen molar-refractivity contribution >= 4 is 23.5 Å². The summed E-state index contributed by atoms with van der Waals surface area (Å²) < 4.78 is 26.5. The fourth-order valence-corrected chi connectivity index (χ4v) is 2.85. The Kier molecular flexibility index (Phi) is 6.38. The van der Waals surface area contributed by atoms with Crippen LogP contribution in [0.2, 0.25) is 0 Å². The number of piperazine rings is 1. The van der Waals surface area contributed by atoms with Gasteiger partial charge in [-0.05, 0) is 30.3 Å². The SMILES string of the molecule is O=C(CN1CCN(C(=O)Nc2ccc(F)cc2)CC1=O)NCc1ccccc1F. The van der Waals surface area contributed by atoms with Crippen LogP contribution in [-0.4, -0.2) is 53.8 Å². The van der Waals surface area contributed by atoms with Crippen molar-refractivity contribution in [2.45, 2.75) is 6.54 Å². The lowest BCUT2D eigenvalue weighted by Gasteiger charge is -2.33. The van der Waals surface area contributed by atoms with Gasteiger partial charge in [-0.3, -0.25) is 9.59 Å². The number of carbonyl (C=O) groups is 3. The normalized spacial score (nSPS) is 13.9. The Hall–Kier alpha value is -3.49. The Labute approximate surface area is 166 Å². The molecule has 2 aromatic carbocycles. The molecule has 0 bridgehead atoms. The van der Waals surface area contributed by atoms with E-state index < -0.39 is 23.6 Å². The largest absolute Gasteiger partial charge is 0.350 e. The van der Waals surface area contributed by atoms with Gasteiger partial charge in [-0.2, -0.15) is 0 Å². The molecule has 1 aliphatic heterocycles. The summed E-state index contributed by atoms with van der Waals surface area (Å²) in [7, 11) is 0. The number of halogens is 2. The second-order valence-electron chi connectivity index (χ2n) is 6.54. The number of hydrogen-bond acceptors (Lipinski definition) is 3. The van der Waals surface area contributed by atoms with E-state index in [1.54, 1.807) is 18.2 Å². The summed E-state index contributed by atoms with van der Waals surface area (Å²) in [6.07, 6.45) is 0. The molecule has 0 unspecified atom stereocenters. The molecule has 1 fully saturated rings. The lowest BCUT2D eigenvalue weighted by Crippen LogP contribution is -2.55. The Morgan fingerprint density at radius 3 is 2.41 bits per heavy atom. The maximum Gasteiger partial charge on any atom is 0.322 e. The summed E-state index contributed by atoms with van der Waals surface area (Å²) in [6, 6.07) is 10.9. The van der Waals surface area contributed by atoms with Gasteiger partial charge < -0.3 is 20.4 Å². The van der Waals surface area contributed by atoms with E-state index in [0.29, 0.717) is 11.3 Å². The molecule has 0 aromatic heterocycles. The first-order chi connectivity index (χ1) is 13.9. The van der Waals surface area contributed by atoms with E-state index in [1.165, 1.54) is 40.1 Å².